The zero-order chi connectivity index (χ0) is 17.3. The van der Waals surface area contributed by atoms with Gasteiger partial charge in [-0.3, -0.25) is 9.69 Å². The quantitative estimate of drug-likeness (QED) is 0.773. The standard InChI is InChI=1S/C15H19N3O5S/c1-2-23-12-3-5-13(6-4-12)24(21,22)17-8-7-11(10-17)18-14(19)9-16-15(18)20/h3-6,11H,2,7-10H2,1H3,(H,16,20). The molecule has 130 valence electrons. The summed E-state index contributed by atoms with van der Waals surface area (Å²) in [5, 5.41) is 2.46. The maximum absolute atomic E-state index is 12.7. The van der Waals surface area contributed by atoms with Crippen molar-refractivity contribution in [2.75, 3.05) is 26.2 Å². The van der Waals surface area contributed by atoms with Gasteiger partial charge in [0.2, 0.25) is 15.9 Å². The Morgan fingerprint density at radius 1 is 1.25 bits per heavy atom. The lowest BCUT2D eigenvalue weighted by atomic mass is 10.2. The summed E-state index contributed by atoms with van der Waals surface area (Å²) in [5.41, 5.74) is 0. The highest BCUT2D eigenvalue weighted by atomic mass is 32.2. The molecule has 3 amide bonds. The predicted octanol–water partition coefficient (Wildman–Crippen LogP) is 0.400. The number of nitrogens with one attached hydrogen (secondary N) is 1. The van der Waals surface area contributed by atoms with Crippen LogP contribution in [0.5, 0.6) is 5.75 Å². The Kier molecular flexibility index (Phi) is 4.46. The molecule has 8 nitrogen and oxygen atoms in total. The lowest BCUT2D eigenvalue weighted by Crippen LogP contribution is -2.42. The molecule has 1 aromatic rings. The Bertz CT molecular complexity index is 731. The summed E-state index contributed by atoms with van der Waals surface area (Å²) in [5.74, 6) is 0.292. The molecule has 0 aromatic heterocycles. The van der Waals surface area contributed by atoms with Gasteiger partial charge in [-0.25, -0.2) is 13.2 Å². The van der Waals surface area contributed by atoms with E-state index in [2.05, 4.69) is 5.32 Å². The minimum Gasteiger partial charge on any atom is -0.494 e. The average Bonchev–Trinajstić information content (AvgIpc) is 3.15. The van der Waals surface area contributed by atoms with Gasteiger partial charge in [0.25, 0.3) is 0 Å². The monoisotopic (exact) mass is 353 g/mol. The van der Waals surface area contributed by atoms with Gasteiger partial charge in [-0.15, -0.1) is 0 Å². The zero-order valence-corrected chi connectivity index (χ0v) is 14.1. The van der Waals surface area contributed by atoms with E-state index < -0.39 is 22.1 Å². The molecule has 0 saturated carbocycles. The Morgan fingerprint density at radius 2 is 1.96 bits per heavy atom. The molecule has 0 spiro atoms. The van der Waals surface area contributed by atoms with Crippen molar-refractivity contribution in [1.82, 2.24) is 14.5 Å². The van der Waals surface area contributed by atoms with Crippen LogP contribution in [0.1, 0.15) is 13.3 Å². The Morgan fingerprint density at radius 3 is 2.54 bits per heavy atom. The Hall–Kier alpha value is -2.13. The van der Waals surface area contributed by atoms with Crippen LogP contribution in [-0.4, -0.2) is 61.8 Å². The first-order valence-electron chi connectivity index (χ1n) is 7.76. The highest BCUT2D eigenvalue weighted by Crippen LogP contribution is 2.26. The van der Waals surface area contributed by atoms with Crippen LogP contribution >= 0.6 is 0 Å². The lowest BCUT2D eigenvalue weighted by molar-refractivity contribution is -0.126. The van der Waals surface area contributed by atoms with E-state index in [-0.39, 0.29) is 30.4 Å². The topological polar surface area (TPSA) is 96.0 Å². The van der Waals surface area contributed by atoms with Crippen LogP contribution in [0.15, 0.2) is 29.2 Å². The minimum atomic E-state index is -3.66. The van der Waals surface area contributed by atoms with Gasteiger partial charge in [-0.05, 0) is 37.6 Å². The maximum Gasteiger partial charge on any atom is 0.324 e. The van der Waals surface area contributed by atoms with E-state index in [0.717, 1.165) is 4.90 Å². The molecule has 9 heteroatoms. The van der Waals surface area contributed by atoms with E-state index in [0.29, 0.717) is 18.8 Å². The van der Waals surface area contributed by atoms with Crippen molar-refractivity contribution in [2.45, 2.75) is 24.3 Å². The lowest BCUT2D eigenvalue weighted by Gasteiger charge is -2.21. The van der Waals surface area contributed by atoms with E-state index >= 15 is 0 Å². The van der Waals surface area contributed by atoms with Gasteiger partial charge in [0.05, 0.1) is 24.1 Å². The number of benzene rings is 1. The van der Waals surface area contributed by atoms with Gasteiger partial charge in [-0.2, -0.15) is 4.31 Å². The number of carbonyl (C=O) groups is 2. The SMILES string of the molecule is CCOc1ccc(S(=O)(=O)N2CCC(N3C(=O)CNC3=O)C2)cc1. The molecule has 2 saturated heterocycles. The molecule has 1 aromatic carbocycles. The number of rotatable bonds is 5. The van der Waals surface area contributed by atoms with Crippen LogP contribution < -0.4 is 10.1 Å². The summed E-state index contributed by atoms with van der Waals surface area (Å²) in [6, 6.07) is 5.36. The van der Waals surface area contributed by atoms with Crippen molar-refractivity contribution in [3.8, 4) is 5.75 Å². The maximum atomic E-state index is 12.7. The molecule has 3 rings (SSSR count). The largest absolute Gasteiger partial charge is 0.494 e. The number of ether oxygens (including phenoxy) is 1. The molecule has 2 heterocycles. The van der Waals surface area contributed by atoms with Crippen molar-refractivity contribution < 1.29 is 22.7 Å². The number of hydrogen-bond donors (Lipinski definition) is 1. The Balaban J connectivity index is 1.74. The van der Waals surface area contributed by atoms with E-state index in [1.807, 2.05) is 6.92 Å². The normalized spacial score (nSPS) is 22.0. The summed E-state index contributed by atoms with van der Waals surface area (Å²) in [6.07, 6.45) is 0.440. The number of nitrogens with zero attached hydrogens (tertiary/aromatic N) is 2. The second-order valence-corrected chi connectivity index (χ2v) is 7.57. The third-order valence-corrected chi connectivity index (χ3v) is 6.02. The van der Waals surface area contributed by atoms with Crippen LogP contribution in [0.2, 0.25) is 0 Å². The molecular formula is C15H19N3O5S. The fourth-order valence-electron chi connectivity index (χ4n) is 2.97. The smallest absolute Gasteiger partial charge is 0.324 e. The molecular weight excluding hydrogens is 334 g/mol. The summed E-state index contributed by atoms with van der Waals surface area (Å²) in [7, 11) is -3.66. The van der Waals surface area contributed by atoms with Crippen molar-refractivity contribution in [3.63, 3.8) is 0 Å². The molecule has 0 aliphatic carbocycles. The van der Waals surface area contributed by atoms with Crippen molar-refractivity contribution in [1.29, 1.82) is 0 Å². The van der Waals surface area contributed by atoms with Crippen molar-refractivity contribution >= 4 is 22.0 Å². The number of imide groups is 1. The highest BCUT2D eigenvalue weighted by molar-refractivity contribution is 7.89. The fraction of sp³-hybridized carbons (Fsp3) is 0.467. The van der Waals surface area contributed by atoms with E-state index in [4.69, 9.17) is 4.74 Å². The molecule has 2 aliphatic rings. The summed E-state index contributed by atoms with van der Waals surface area (Å²) >= 11 is 0. The van der Waals surface area contributed by atoms with E-state index in [9.17, 15) is 18.0 Å². The van der Waals surface area contributed by atoms with E-state index in [1.165, 1.54) is 16.4 Å². The second-order valence-electron chi connectivity index (χ2n) is 5.63. The first kappa shape index (κ1) is 16.7. The van der Waals surface area contributed by atoms with Crippen LogP contribution in [-0.2, 0) is 14.8 Å². The molecule has 1 N–H and O–H groups in total. The number of urea groups is 1. The van der Waals surface area contributed by atoms with Crippen LogP contribution in [0.3, 0.4) is 0 Å². The van der Waals surface area contributed by atoms with Gasteiger partial charge >= 0.3 is 6.03 Å². The minimum absolute atomic E-state index is 0.0268. The summed E-state index contributed by atoms with van der Waals surface area (Å²) < 4.78 is 32.0. The van der Waals surface area contributed by atoms with Crippen LogP contribution in [0.25, 0.3) is 0 Å². The van der Waals surface area contributed by atoms with Crippen molar-refractivity contribution in [2.24, 2.45) is 0 Å². The summed E-state index contributed by atoms with van der Waals surface area (Å²) in [6.45, 7) is 2.73. The van der Waals surface area contributed by atoms with Gasteiger partial charge in [0.15, 0.2) is 0 Å². The molecule has 1 unspecified atom stereocenters. The third-order valence-electron chi connectivity index (χ3n) is 4.14. The first-order chi connectivity index (χ1) is 11.4. The molecule has 0 radical (unpaired) electrons. The number of sulfonamides is 1. The predicted molar refractivity (Wildman–Crippen MR) is 85.0 cm³/mol. The summed E-state index contributed by atoms with van der Waals surface area (Å²) in [4.78, 5) is 24.8. The Labute approximate surface area is 140 Å². The molecule has 2 fully saturated rings. The van der Waals surface area contributed by atoms with E-state index in [1.54, 1.807) is 12.1 Å². The number of carbonyl (C=O) groups excluding carboxylic acids is 2. The van der Waals surface area contributed by atoms with Gasteiger partial charge in [-0.1, -0.05) is 0 Å². The number of hydrogen-bond acceptors (Lipinski definition) is 5. The van der Waals surface area contributed by atoms with Gasteiger partial charge < -0.3 is 10.1 Å². The van der Waals surface area contributed by atoms with Gasteiger partial charge in [0, 0.05) is 13.1 Å². The zero-order valence-electron chi connectivity index (χ0n) is 13.3. The molecule has 24 heavy (non-hydrogen) atoms. The van der Waals surface area contributed by atoms with Gasteiger partial charge in [0.1, 0.15) is 5.75 Å². The highest BCUT2D eigenvalue weighted by Gasteiger charge is 2.41. The number of amides is 3. The first-order valence-corrected chi connectivity index (χ1v) is 9.20. The average molecular weight is 353 g/mol. The second kappa shape index (κ2) is 6.40. The molecule has 2 aliphatic heterocycles. The van der Waals surface area contributed by atoms with Crippen LogP contribution in [0, 0.1) is 0 Å². The third kappa shape index (κ3) is 2.96. The van der Waals surface area contributed by atoms with Crippen LogP contribution in [0.4, 0.5) is 4.79 Å². The molecule has 1 atom stereocenters. The van der Waals surface area contributed by atoms with Crippen molar-refractivity contribution in [3.05, 3.63) is 24.3 Å². The molecule has 0 bridgehead atoms. The fourth-order valence-corrected chi connectivity index (χ4v) is 4.46.